The maximum Gasteiger partial charge on any atom is 0.123 e. The molecule has 0 heterocycles. The van der Waals surface area contributed by atoms with Crippen LogP contribution in [0.2, 0.25) is 0 Å². The van der Waals surface area contributed by atoms with E-state index in [0.717, 1.165) is 10.0 Å². The van der Waals surface area contributed by atoms with E-state index in [-0.39, 0.29) is 10.6 Å². The molecule has 0 saturated heterocycles. The van der Waals surface area contributed by atoms with Crippen LogP contribution in [0.4, 0.5) is 4.39 Å². The molecule has 0 aromatic heterocycles. The Hall–Kier alpha value is 0.110. The van der Waals surface area contributed by atoms with Crippen LogP contribution in [0.5, 0.6) is 0 Å². The fourth-order valence-corrected chi connectivity index (χ4v) is 2.10. The van der Waals surface area contributed by atoms with Gasteiger partial charge in [-0.25, -0.2) is 4.39 Å². The fraction of sp³-hybridized carbons (Fsp3) is 0.250. The quantitative estimate of drug-likeness (QED) is 0.682. The lowest BCUT2D eigenvalue weighted by molar-refractivity contribution is 0.625. The van der Waals surface area contributed by atoms with Crippen molar-refractivity contribution in [3.63, 3.8) is 0 Å². The van der Waals surface area contributed by atoms with E-state index in [2.05, 4.69) is 31.9 Å². The van der Waals surface area contributed by atoms with Crippen LogP contribution >= 0.6 is 31.9 Å². The molecule has 1 atom stereocenters. The zero-order valence-electron chi connectivity index (χ0n) is 5.94. The van der Waals surface area contributed by atoms with Gasteiger partial charge in [0.1, 0.15) is 5.82 Å². The first-order chi connectivity index (χ1) is 5.11. The molecular formula is C8H7Br2F. The molecule has 0 fully saturated rings. The molecule has 0 amide bonds. The number of benzene rings is 1. The van der Waals surface area contributed by atoms with Gasteiger partial charge in [0.15, 0.2) is 0 Å². The molecule has 0 aliphatic rings. The van der Waals surface area contributed by atoms with Crippen LogP contribution in [0.25, 0.3) is 0 Å². The molecule has 0 saturated carbocycles. The van der Waals surface area contributed by atoms with Gasteiger partial charge in [0.05, 0.1) is 0 Å². The van der Waals surface area contributed by atoms with E-state index < -0.39 is 0 Å². The predicted molar refractivity (Wildman–Crippen MR) is 51.4 cm³/mol. The second-order valence-corrected chi connectivity index (χ2v) is 4.51. The average molecular weight is 282 g/mol. The van der Waals surface area contributed by atoms with Crippen LogP contribution in [0, 0.1) is 5.82 Å². The van der Waals surface area contributed by atoms with Crippen molar-refractivity contribution in [3.05, 3.63) is 34.1 Å². The molecule has 0 radical (unpaired) electrons. The summed E-state index contributed by atoms with van der Waals surface area (Å²) in [5.41, 5.74) is 0.935. The van der Waals surface area contributed by atoms with E-state index in [4.69, 9.17) is 0 Å². The number of hydrogen-bond acceptors (Lipinski definition) is 0. The highest BCUT2D eigenvalue weighted by Crippen LogP contribution is 2.29. The second-order valence-electron chi connectivity index (χ2n) is 2.28. The van der Waals surface area contributed by atoms with Crippen molar-refractivity contribution in [3.8, 4) is 0 Å². The monoisotopic (exact) mass is 280 g/mol. The summed E-state index contributed by atoms with van der Waals surface area (Å²) >= 11 is 6.71. The number of rotatable bonds is 1. The van der Waals surface area contributed by atoms with Gasteiger partial charge in [0.25, 0.3) is 0 Å². The lowest BCUT2D eigenvalue weighted by atomic mass is 10.2. The first kappa shape index (κ1) is 9.20. The molecule has 1 aromatic rings. The van der Waals surface area contributed by atoms with E-state index in [0.29, 0.717) is 0 Å². The summed E-state index contributed by atoms with van der Waals surface area (Å²) in [6, 6.07) is 4.66. The first-order valence-corrected chi connectivity index (χ1v) is 4.91. The van der Waals surface area contributed by atoms with Gasteiger partial charge in [-0.2, -0.15) is 0 Å². The molecule has 1 unspecified atom stereocenters. The minimum absolute atomic E-state index is 0.174. The third-order valence-electron chi connectivity index (χ3n) is 1.39. The van der Waals surface area contributed by atoms with Crippen LogP contribution in [-0.2, 0) is 0 Å². The minimum Gasteiger partial charge on any atom is -0.207 e. The Bertz CT molecular complexity index is 258. The molecule has 11 heavy (non-hydrogen) atoms. The van der Waals surface area contributed by atoms with Gasteiger partial charge >= 0.3 is 0 Å². The summed E-state index contributed by atoms with van der Waals surface area (Å²) in [7, 11) is 0. The first-order valence-electron chi connectivity index (χ1n) is 3.20. The molecule has 3 heteroatoms. The summed E-state index contributed by atoms with van der Waals surface area (Å²) < 4.78 is 13.6. The molecule has 0 aliphatic carbocycles. The van der Waals surface area contributed by atoms with Gasteiger partial charge in [-0.1, -0.05) is 31.9 Å². The summed E-state index contributed by atoms with van der Waals surface area (Å²) in [4.78, 5) is 0.174. The van der Waals surface area contributed by atoms with E-state index >= 15 is 0 Å². The van der Waals surface area contributed by atoms with Gasteiger partial charge < -0.3 is 0 Å². The third kappa shape index (κ3) is 2.27. The Morgan fingerprint density at radius 3 is 2.55 bits per heavy atom. The van der Waals surface area contributed by atoms with Crippen molar-refractivity contribution < 1.29 is 4.39 Å². The van der Waals surface area contributed by atoms with E-state index in [1.807, 2.05) is 6.92 Å². The topological polar surface area (TPSA) is 0 Å². The fourth-order valence-electron chi connectivity index (χ4n) is 0.819. The molecule has 60 valence electrons. The molecule has 1 rings (SSSR count). The average Bonchev–Trinajstić information content (AvgIpc) is 1.94. The van der Waals surface area contributed by atoms with E-state index in [1.165, 1.54) is 12.1 Å². The number of alkyl halides is 1. The minimum atomic E-state index is -0.200. The lowest BCUT2D eigenvalue weighted by Gasteiger charge is -2.05. The van der Waals surface area contributed by atoms with Crippen molar-refractivity contribution >= 4 is 31.9 Å². The zero-order valence-corrected chi connectivity index (χ0v) is 9.12. The highest BCUT2D eigenvalue weighted by atomic mass is 79.9. The van der Waals surface area contributed by atoms with Gasteiger partial charge in [0, 0.05) is 9.30 Å². The van der Waals surface area contributed by atoms with E-state index in [1.54, 1.807) is 6.07 Å². The van der Waals surface area contributed by atoms with E-state index in [9.17, 15) is 4.39 Å². The highest BCUT2D eigenvalue weighted by molar-refractivity contribution is 9.11. The third-order valence-corrected chi connectivity index (χ3v) is 2.60. The number of hydrogen-bond donors (Lipinski definition) is 0. The molecule has 1 aromatic carbocycles. The van der Waals surface area contributed by atoms with Gasteiger partial charge in [-0.15, -0.1) is 0 Å². The molecular weight excluding hydrogens is 275 g/mol. The lowest BCUT2D eigenvalue weighted by Crippen LogP contribution is -1.86. The second kappa shape index (κ2) is 3.68. The van der Waals surface area contributed by atoms with Crippen molar-refractivity contribution in [2.24, 2.45) is 0 Å². The molecule has 0 aliphatic heterocycles. The van der Waals surface area contributed by atoms with Crippen LogP contribution in [0.15, 0.2) is 22.7 Å². The molecule has 0 spiro atoms. The SMILES string of the molecule is CC(Br)c1cc(F)ccc1Br. The molecule has 0 N–H and O–H groups in total. The Labute approximate surface area is 82.1 Å². The van der Waals surface area contributed by atoms with Crippen molar-refractivity contribution in [1.29, 1.82) is 0 Å². The van der Waals surface area contributed by atoms with Crippen molar-refractivity contribution in [2.75, 3.05) is 0 Å². The summed E-state index contributed by atoms with van der Waals surface area (Å²) in [6.07, 6.45) is 0. The van der Waals surface area contributed by atoms with Crippen LogP contribution in [0.1, 0.15) is 17.3 Å². The van der Waals surface area contributed by atoms with Crippen molar-refractivity contribution in [2.45, 2.75) is 11.8 Å². The summed E-state index contributed by atoms with van der Waals surface area (Å²) in [6.45, 7) is 1.96. The smallest absolute Gasteiger partial charge is 0.123 e. The maximum atomic E-state index is 12.7. The summed E-state index contributed by atoms with van der Waals surface area (Å²) in [5, 5.41) is 0. The number of halogens is 3. The normalized spacial score (nSPS) is 13.1. The van der Waals surface area contributed by atoms with Crippen molar-refractivity contribution in [1.82, 2.24) is 0 Å². The zero-order chi connectivity index (χ0) is 8.43. The Morgan fingerprint density at radius 2 is 2.09 bits per heavy atom. The van der Waals surface area contributed by atoms with Crippen LogP contribution < -0.4 is 0 Å². The maximum absolute atomic E-state index is 12.7. The van der Waals surface area contributed by atoms with Gasteiger partial charge in [-0.3, -0.25) is 0 Å². The highest BCUT2D eigenvalue weighted by Gasteiger charge is 2.05. The Balaban J connectivity index is 3.13. The Kier molecular flexibility index (Phi) is 3.07. The van der Waals surface area contributed by atoms with Crippen LogP contribution in [-0.4, -0.2) is 0 Å². The summed E-state index contributed by atoms with van der Waals surface area (Å²) in [5.74, 6) is -0.200. The molecule has 0 nitrogen and oxygen atoms in total. The standard InChI is InChI=1S/C8H7Br2F/c1-5(9)7-4-6(11)2-3-8(7)10/h2-5H,1H3. The van der Waals surface area contributed by atoms with Crippen LogP contribution in [0.3, 0.4) is 0 Å². The predicted octanol–water partition coefficient (Wildman–Crippen LogP) is 4.04. The Morgan fingerprint density at radius 1 is 1.45 bits per heavy atom. The van der Waals surface area contributed by atoms with Gasteiger partial charge in [0.2, 0.25) is 0 Å². The van der Waals surface area contributed by atoms with Gasteiger partial charge in [-0.05, 0) is 30.7 Å². The molecule has 0 bridgehead atoms. The largest absolute Gasteiger partial charge is 0.207 e.